The van der Waals surface area contributed by atoms with Gasteiger partial charge in [-0.3, -0.25) is 4.68 Å². The number of hydrogen-bond acceptors (Lipinski definition) is 2. The van der Waals surface area contributed by atoms with Crippen LogP contribution in [0.1, 0.15) is 28.4 Å². The zero-order chi connectivity index (χ0) is 13.1. The van der Waals surface area contributed by atoms with Crippen LogP contribution < -0.4 is 5.32 Å². The average Bonchev–Trinajstić information content (AvgIpc) is 2.72. The second-order valence-corrected chi connectivity index (χ2v) is 4.88. The number of aryl methyl sites for hydroxylation is 3. The van der Waals surface area contributed by atoms with Crippen molar-refractivity contribution in [2.24, 2.45) is 0 Å². The number of nitrogens with zero attached hydrogens (tertiary/aromatic N) is 2. The van der Waals surface area contributed by atoms with E-state index in [1.807, 2.05) is 30.9 Å². The Morgan fingerprint density at radius 2 is 2.00 bits per heavy atom. The monoisotopic (exact) mass is 243 g/mol. The first kappa shape index (κ1) is 12.8. The first-order valence-electron chi connectivity index (χ1n) is 6.34. The summed E-state index contributed by atoms with van der Waals surface area (Å²) in [6.45, 7) is 7.17. The van der Waals surface area contributed by atoms with E-state index >= 15 is 0 Å². The lowest BCUT2D eigenvalue weighted by molar-refractivity contribution is 0.465. The van der Waals surface area contributed by atoms with Crippen LogP contribution in [-0.4, -0.2) is 16.8 Å². The summed E-state index contributed by atoms with van der Waals surface area (Å²) >= 11 is 0. The molecular weight excluding hydrogens is 222 g/mol. The van der Waals surface area contributed by atoms with E-state index in [0.717, 1.165) is 12.2 Å². The molecule has 1 heterocycles. The summed E-state index contributed by atoms with van der Waals surface area (Å²) in [4.78, 5) is 0. The molecule has 1 atom stereocenters. The molecule has 1 N–H and O–H groups in total. The van der Waals surface area contributed by atoms with Crippen LogP contribution in [0.25, 0.3) is 0 Å². The summed E-state index contributed by atoms with van der Waals surface area (Å²) in [5.74, 6) is 0. The molecule has 0 fully saturated rings. The highest BCUT2D eigenvalue weighted by molar-refractivity contribution is 5.32. The van der Waals surface area contributed by atoms with Gasteiger partial charge in [0.15, 0.2) is 0 Å². The van der Waals surface area contributed by atoms with Crippen molar-refractivity contribution in [3.8, 4) is 0 Å². The SMILES string of the molecule is CNC(Cn1ccc(C)n1)c1ccc(C)cc1C. The number of likely N-dealkylation sites (N-methyl/N-ethyl adjacent to an activating group) is 1. The Balaban J connectivity index is 2.22. The number of hydrogen-bond donors (Lipinski definition) is 1. The van der Waals surface area contributed by atoms with Gasteiger partial charge in [-0.05, 0) is 45.0 Å². The fraction of sp³-hybridized carbons (Fsp3) is 0.400. The van der Waals surface area contributed by atoms with Gasteiger partial charge >= 0.3 is 0 Å². The molecule has 0 saturated carbocycles. The largest absolute Gasteiger partial charge is 0.311 e. The van der Waals surface area contributed by atoms with E-state index in [9.17, 15) is 0 Å². The van der Waals surface area contributed by atoms with Gasteiger partial charge < -0.3 is 5.32 Å². The van der Waals surface area contributed by atoms with Gasteiger partial charge in [-0.1, -0.05) is 23.8 Å². The maximum atomic E-state index is 4.45. The molecule has 0 aliphatic carbocycles. The van der Waals surface area contributed by atoms with Crippen LogP contribution >= 0.6 is 0 Å². The Hall–Kier alpha value is -1.61. The molecule has 0 radical (unpaired) electrons. The van der Waals surface area contributed by atoms with Gasteiger partial charge in [0, 0.05) is 6.20 Å². The molecule has 2 rings (SSSR count). The third-order valence-electron chi connectivity index (χ3n) is 3.29. The maximum Gasteiger partial charge on any atom is 0.0604 e. The lowest BCUT2D eigenvalue weighted by Gasteiger charge is -2.19. The van der Waals surface area contributed by atoms with Crippen molar-refractivity contribution in [1.29, 1.82) is 0 Å². The number of nitrogens with one attached hydrogen (secondary N) is 1. The van der Waals surface area contributed by atoms with E-state index in [-0.39, 0.29) is 0 Å². The summed E-state index contributed by atoms with van der Waals surface area (Å²) < 4.78 is 2.00. The van der Waals surface area contributed by atoms with Gasteiger partial charge in [-0.15, -0.1) is 0 Å². The molecule has 3 nitrogen and oxygen atoms in total. The van der Waals surface area contributed by atoms with Crippen molar-refractivity contribution in [1.82, 2.24) is 15.1 Å². The minimum atomic E-state index is 0.296. The van der Waals surface area contributed by atoms with E-state index in [4.69, 9.17) is 0 Å². The van der Waals surface area contributed by atoms with Crippen LogP contribution in [0.15, 0.2) is 30.5 Å². The van der Waals surface area contributed by atoms with Gasteiger partial charge in [0.25, 0.3) is 0 Å². The van der Waals surface area contributed by atoms with Crippen LogP contribution in [0, 0.1) is 20.8 Å². The van der Waals surface area contributed by atoms with Crippen molar-refractivity contribution in [2.45, 2.75) is 33.4 Å². The van der Waals surface area contributed by atoms with E-state index in [1.54, 1.807) is 0 Å². The second kappa shape index (κ2) is 5.36. The van der Waals surface area contributed by atoms with Crippen LogP contribution in [0.3, 0.4) is 0 Å². The highest BCUT2D eigenvalue weighted by Crippen LogP contribution is 2.20. The van der Waals surface area contributed by atoms with Crippen molar-refractivity contribution in [2.75, 3.05) is 7.05 Å². The molecule has 96 valence electrons. The first-order chi connectivity index (χ1) is 8.60. The van der Waals surface area contributed by atoms with E-state index in [2.05, 4.69) is 42.5 Å². The summed E-state index contributed by atoms with van der Waals surface area (Å²) in [6, 6.07) is 8.94. The smallest absolute Gasteiger partial charge is 0.0604 e. The normalized spacial score (nSPS) is 12.7. The van der Waals surface area contributed by atoms with Gasteiger partial charge in [0.2, 0.25) is 0 Å². The third kappa shape index (κ3) is 2.79. The zero-order valence-electron chi connectivity index (χ0n) is 11.6. The Morgan fingerprint density at radius 1 is 1.22 bits per heavy atom. The molecule has 0 aliphatic heterocycles. The highest BCUT2D eigenvalue weighted by atomic mass is 15.3. The molecule has 0 saturated heterocycles. The second-order valence-electron chi connectivity index (χ2n) is 4.88. The van der Waals surface area contributed by atoms with E-state index in [1.165, 1.54) is 16.7 Å². The van der Waals surface area contributed by atoms with Crippen LogP contribution in [0.5, 0.6) is 0 Å². The number of benzene rings is 1. The Labute approximate surface area is 109 Å². The lowest BCUT2D eigenvalue weighted by Crippen LogP contribution is -2.23. The Kier molecular flexibility index (Phi) is 3.82. The molecule has 0 amide bonds. The Morgan fingerprint density at radius 3 is 2.56 bits per heavy atom. The maximum absolute atomic E-state index is 4.45. The van der Waals surface area contributed by atoms with Crippen molar-refractivity contribution in [3.05, 3.63) is 52.8 Å². The number of rotatable bonds is 4. The highest BCUT2D eigenvalue weighted by Gasteiger charge is 2.12. The van der Waals surface area contributed by atoms with Crippen LogP contribution in [0.4, 0.5) is 0 Å². The summed E-state index contributed by atoms with van der Waals surface area (Å²) in [7, 11) is 2.00. The van der Waals surface area contributed by atoms with Crippen LogP contribution in [0.2, 0.25) is 0 Å². The topological polar surface area (TPSA) is 29.9 Å². The molecule has 0 bridgehead atoms. The minimum Gasteiger partial charge on any atom is -0.311 e. The predicted molar refractivity (Wildman–Crippen MR) is 74.7 cm³/mol. The lowest BCUT2D eigenvalue weighted by atomic mass is 9.99. The van der Waals surface area contributed by atoms with Gasteiger partial charge in [0.1, 0.15) is 0 Å². The first-order valence-corrected chi connectivity index (χ1v) is 6.34. The van der Waals surface area contributed by atoms with Gasteiger partial charge in [0.05, 0.1) is 18.3 Å². The summed E-state index contributed by atoms with van der Waals surface area (Å²) in [5, 5.41) is 7.82. The molecule has 1 unspecified atom stereocenters. The van der Waals surface area contributed by atoms with Crippen LogP contribution in [-0.2, 0) is 6.54 Å². The predicted octanol–water partition coefficient (Wildman–Crippen LogP) is 2.77. The van der Waals surface area contributed by atoms with Crippen molar-refractivity contribution < 1.29 is 0 Å². The standard InChI is InChI=1S/C15H21N3/c1-11-5-6-14(12(2)9-11)15(16-4)10-18-8-7-13(3)17-18/h5-9,15-16H,10H2,1-4H3. The summed E-state index contributed by atoms with van der Waals surface area (Å²) in [5.41, 5.74) is 5.04. The average molecular weight is 243 g/mol. The molecule has 18 heavy (non-hydrogen) atoms. The van der Waals surface area contributed by atoms with E-state index in [0.29, 0.717) is 6.04 Å². The Bertz CT molecular complexity index is 528. The quantitative estimate of drug-likeness (QED) is 0.895. The molecular formula is C15H21N3. The van der Waals surface area contributed by atoms with Gasteiger partial charge in [-0.2, -0.15) is 5.10 Å². The zero-order valence-corrected chi connectivity index (χ0v) is 11.6. The molecule has 3 heteroatoms. The minimum absolute atomic E-state index is 0.296. The fourth-order valence-corrected chi connectivity index (χ4v) is 2.31. The molecule has 1 aromatic carbocycles. The van der Waals surface area contributed by atoms with Gasteiger partial charge in [-0.25, -0.2) is 0 Å². The van der Waals surface area contributed by atoms with Crippen molar-refractivity contribution in [3.63, 3.8) is 0 Å². The number of aromatic nitrogens is 2. The summed E-state index contributed by atoms with van der Waals surface area (Å²) in [6.07, 6.45) is 2.03. The fourth-order valence-electron chi connectivity index (χ4n) is 2.31. The van der Waals surface area contributed by atoms with E-state index < -0.39 is 0 Å². The van der Waals surface area contributed by atoms with Crippen molar-refractivity contribution >= 4 is 0 Å². The molecule has 0 spiro atoms. The molecule has 2 aromatic rings. The molecule has 1 aromatic heterocycles. The third-order valence-corrected chi connectivity index (χ3v) is 3.29. The molecule has 0 aliphatic rings.